The molecule has 0 saturated carbocycles. The summed E-state index contributed by atoms with van der Waals surface area (Å²) in [7, 11) is 1.67. The van der Waals surface area contributed by atoms with Gasteiger partial charge in [0.05, 0.1) is 18.0 Å². The zero-order chi connectivity index (χ0) is 17.4. The van der Waals surface area contributed by atoms with Gasteiger partial charge in [0.25, 0.3) is 0 Å². The van der Waals surface area contributed by atoms with Crippen LogP contribution < -0.4 is 4.74 Å². The smallest absolute Gasteiger partial charge is 0.230 e. The number of aromatic hydroxyl groups is 1. The van der Waals surface area contributed by atoms with E-state index in [2.05, 4.69) is 34.0 Å². The second-order valence-electron chi connectivity index (χ2n) is 6.66. The van der Waals surface area contributed by atoms with Gasteiger partial charge in [-0.2, -0.15) is 9.61 Å². The Morgan fingerprint density at radius 1 is 1.32 bits per heavy atom. The van der Waals surface area contributed by atoms with E-state index < -0.39 is 0 Å². The highest BCUT2D eigenvalue weighted by Gasteiger charge is 2.31. The fourth-order valence-electron chi connectivity index (χ4n) is 3.65. The molecule has 0 spiro atoms. The first-order valence-corrected chi connectivity index (χ1v) is 9.38. The monoisotopic (exact) mass is 358 g/mol. The molecule has 1 aromatic carbocycles. The van der Waals surface area contributed by atoms with Crippen LogP contribution in [-0.4, -0.2) is 44.8 Å². The topological polar surface area (TPSA) is 62.9 Å². The first-order chi connectivity index (χ1) is 12.2. The van der Waals surface area contributed by atoms with E-state index in [1.54, 1.807) is 7.11 Å². The normalized spacial score (nSPS) is 20.0. The molecule has 1 saturated heterocycles. The number of thiazole rings is 1. The fourth-order valence-corrected chi connectivity index (χ4v) is 4.74. The Bertz CT molecular complexity index is 858. The maximum Gasteiger partial charge on any atom is 0.230 e. The van der Waals surface area contributed by atoms with Crippen LogP contribution in [0.2, 0.25) is 0 Å². The molecular formula is C18H22N4O2S. The van der Waals surface area contributed by atoms with Crippen molar-refractivity contribution in [1.82, 2.24) is 19.5 Å². The summed E-state index contributed by atoms with van der Waals surface area (Å²) >= 11 is 1.50. The Hall–Kier alpha value is -2.12. The molecule has 1 aliphatic heterocycles. The Balaban J connectivity index is 1.79. The van der Waals surface area contributed by atoms with E-state index in [1.807, 2.05) is 12.1 Å². The lowest BCUT2D eigenvalue weighted by Crippen LogP contribution is -2.37. The maximum absolute atomic E-state index is 10.7. The van der Waals surface area contributed by atoms with E-state index in [4.69, 9.17) is 4.74 Å². The second-order valence-corrected chi connectivity index (χ2v) is 7.67. The first kappa shape index (κ1) is 16.4. The number of piperidine rings is 1. The summed E-state index contributed by atoms with van der Waals surface area (Å²) in [5, 5.41) is 14.9. The number of fused-ring (bicyclic) bond motifs is 1. The molecule has 2 unspecified atom stereocenters. The number of ether oxygens (including phenoxy) is 1. The lowest BCUT2D eigenvalue weighted by Gasteiger charge is -2.37. The molecular weight excluding hydrogens is 336 g/mol. The van der Waals surface area contributed by atoms with E-state index in [0.29, 0.717) is 5.92 Å². The van der Waals surface area contributed by atoms with Gasteiger partial charge < -0.3 is 9.84 Å². The first-order valence-electron chi connectivity index (χ1n) is 8.56. The van der Waals surface area contributed by atoms with Crippen LogP contribution in [0.25, 0.3) is 4.96 Å². The fraction of sp³-hybridized carbons (Fsp3) is 0.444. The molecule has 2 atom stereocenters. The lowest BCUT2D eigenvalue weighted by molar-refractivity contribution is 0.149. The van der Waals surface area contributed by atoms with E-state index in [9.17, 15) is 5.11 Å². The van der Waals surface area contributed by atoms with Crippen molar-refractivity contribution in [2.75, 3.05) is 20.2 Å². The third-order valence-corrected chi connectivity index (χ3v) is 5.96. The number of methoxy groups -OCH3 is 1. The zero-order valence-corrected chi connectivity index (χ0v) is 15.2. The third-order valence-electron chi connectivity index (χ3n) is 4.87. The van der Waals surface area contributed by atoms with Gasteiger partial charge in [-0.3, -0.25) is 4.90 Å². The van der Waals surface area contributed by atoms with Crippen LogP contribution >= 0.6 is 11.3 Å². The number of aromatic nitrogens is 3. The highest BCUT2D eigenvalue weighted by atomic mass is 32.1. The molecule has 0 bridgehead atoms. The number of hydrogen-bond donors (Lipinski definition) is 1. The van der Waals surface area contributed by atoms with E-state index in [0.717, 1.165) is 34.2 Å². The molecule has 0 amide bonds. The van der Waals surface area contributed by atoms with Gasteiger partial charge in [-0.15, -0.1) is 0 Å². The Morgan fingerprint density at radius 3 is 2.80 bits per heavy atom. The van der Waals surface area contributed by atoms with Crippen LogP contribution in [0.5, 0.6) is 11.6 Å². The van der Waals surface area contributed by atoms with Gasteiger partial charge in [0.1, 0.15) is 12.1 Å². The van der Waals surface area contributed by atoms with Crippen molar-refractivity contribution in [2.24, 2.45) is 5.92 Å². The molecule has 132 valence electrons. The summed E-state index contributed by atoms with van der Waals surface area (Å²) < 4.78 is 6.81. The molecule has 0 aliphatic carbocycles. The summed E-state index contributed by atoms with van der Waals surface area (Å²) in [5.41, 5.74) is 1.15. The number of benzene rings is 1. The molecule has 25 heavy (non-hydrogen) atoms. The van der Waals surface area contributed by atoms with Crippen LogP contribution in [0.3, 0.4) is 0 Å². The third kappa shape index (κ3) is 2.98. The van der Waals surface area contributed by atoms with Crippen molar-refractivity contribution < 1.29 is 9.84 Å². The van der Waals surface area contributed by atoms with E-state index >= 15 is 0 Å². The molecule has 2 aromatic heterocycles. The second kappa shape index (κ2) is 6.65. The Kier molecular flexibility index (Phi) is 4.35. The average molecular weight is 358 g/mol. The van der Waals surface area contributed by atoms with Crippen LogP contribution in [-0.2, 0) is 0 Å². The van der Waals surface area contributed by atoms with Crippen LogP contribution in [0, 0.1) is 5.92 Å². The summed E-state index contributed by atoms with van der Waals surface area (Å²) in [6.07, 6.45) is 3.91. The standard InChI is InChI=1S/C18H22N4O2S/c1-12-4-3-9-21(10-12)15(13-5-7-14(24-2)8-6-13)16-17(23)22-18(25-16)19-11-20-22/h5-8,11-12,15,23H,3-4,9-10H2,1-2H3. The van der Waals surface area contributed by atoms with Crippen LogP contribution in [0.4, 0.5) is 0 Å². The van der Waals surface area contributed by atoms with Gasteiger partial charge in [0, 0.05) is 6.54 Å². The average Bonchev–Trinajstić information content (AvgIpc) is 3.20. The molecule has 1 N–H and O–H groups in total. The Labute approximate surface area is 150 Å². The molecule has 0 radical (unpaired) electrons. The summed E-state index contributed by atoms with van der Waals surface area (Å²) in [4.78, 5) is 8.31. The molecule has 3 aromatic rings. The van der Waals surface area contributed by atoms with Crippen molar-refractivity contribution in [3.63, 3.8) is 0 Å². The van der Waals surface area contributed by atoms with Gasteiger partial charge in [0.2, 0.25) is 10.8 Å². The molecule has 7 heteroatoms. The SMILES string of the molecule is COc1ccc(C(c2sc3ncnn3c2O)N2CCCC(C)C2)cc1. The summed E-state index contributed by atoms with van der Waals surface area (Å²) in [6, 6.07) is 8.12. The minimum atomic E-state index is 0.00200. The minimum Gasteiger partial charge on any atom is -0.497 e. The summed E-state index contributed by atoms with van der Waals surface area (Å²) in [6.45, 7) is 4.33. The summed E-state index contributed by atoms with van der Waals surface area (Å²) in [5.74, 6) is 1.68. The molecule has 1 fully saturated rings. The van der Waals surface area contributed by atoms with Crippen molar-refractivity contribution in [3.05, 3.63) is 41.0 Å². The minimum absolute atomic E-state index is 0.00200. The predicted molar refractivity (Wildman–Crippen MR) is 97.3 cm³/mol. The van der Waals surface area contributed by atoms with Crippen molar-refractivity contribution in [1.29, 1.82) is 0 Å². The number of hydrogen-bond acceptors (Lipinski definition) is 6. The van der Waals surface area contributed by atoms with Gasteiger partial charge in [-0.25, -0.2) is 4.98 Å². The van der Waals surface area contributed by atoms with Gasteiger partial charge >= 0.3 is 0 Å². The zero-order valence-electron chi connectivity index (χ0n) is 14.4. The molecule has 6 nitrogen and oxygen atoms in total. The van der Waals surface area contributed by atoms with E-state index in [-0.39, 0.29) is 11.9 Å². The van der Waals surface area contributed by atoms with Gasteiger partial charge in [-0.05, 0) is 43.0 Å². The van der Waals surface area contributed by atoms with Gasteiger partial charge in [0.15, 0.2) is 0 Å². The maximum atomic E-state index is 10.7. The highest BCUT2D eigenvalue weighted by Crippen LogP contribution is 2.41. The van der Waals surface area contributed by atoms with Crippen molar-refractivity contribution in [3.8, 4) is 11.6 Å². The largest absolute Gasteiger partial charge is 0.497 e. The lowest BCUT2D eigenvalue weighted by atomic mass is 9.95. The number of likely N-dealkylation sites (tertiary alicyclic amines) is 1. The van der Waals surface area contributed by atoms with E-state index in [1.165, 1.54) is 35.0 Å². The number of rotatable bonds is 4. The van der Waals surface area contributed by atoms with Crippen LogP contribution in [0.15, 0.2) is 30.6 Å². The van der Waals surface area contributed by atoms with Crippen molar-refractivity contribution >= 4 is 16.3 Å². The molecule has 1 aliphatic rings. The highest BCUT2D eigenvalue weighted by molar-refractivity contribution is 7.17. The van der Waals surface area contributed by atoms with Gasteiger partial charge in [-0.1, -0.05) is 30.4 Å². The van der Waals surface area contributed by atoms with Crippen molar-refractivity contribution in [2.45, 2.75) is 25.8 Å². The predicted octanol–water partition coefficient (Wildman–Crippen LogP) is 3.33. The molecule has 3 heterocycles. The van der Waals surface area contributed by atoms with Crippen LogP contribution in [0.1, 0.15) is 36.2 Å². The number of nitrogens with zero attached hydrogens (tertiary/aromatic N) is 4. The quantitative estimate of drug-likeness (QED) is 0.775. The molecule has 4 rings (SSSR count). The Morgan fingerprint density at radius 2 is 2.12 bits per heavy atom.